The van der Waals surface area contributed by atoms with Crippen LogP contribution in [0.4, 0.5) is 0 Å². The van der Waals surface area contributed by atoms with E-state index in [1.54, 1.807) is 16.7 Å². The molecule has 7 nitrogen and oxygen atoms in total. The van der Waals surface area contributed by atoms with E-state index < -0.39 is 33.4 Å². The van der Waals surface area contributed by atoms with Crippen molar-refractivity contribution in [2.24, 2.45) is 17.8 Å². The molecule has 6 atom stereocenters. The summed E-state index contributed by atoms with van der Waals surface area (Å²) in [6.07, 6.45) is 4.48. The maximum atomic E-state index is 14.1. The maximum Gasteiger partial charge on any atom is 0.244 e. The minimum Gasteiger partial charge on any atom is -0.394 e. The molecular formula is C28H41N3O4S. The van der Waals surface area contributed by atoms with Crippen LogP contribution in [0.2, 0.25) is 0 Å². The van der Waals surface area contributed by atoms with Crippen molar-refractivity contribution < 1.29 is 19.5 Å². The van der Waals surface area contributed by atoms with E-state index in [2.05, 4.69) is 24.5 Å². The summed E-state index contributed by atoms with van der Waals surface area (Å²) in [5.41, 5.74) is 1.00. The second-order valence-corrected chi connectivity index (χ2v) is 13.1. The van der Waals surface area contributed by atoms with Crippen molar-refractivity contribution in [3.63, 3.8) is 0 Å². The van der Waals surface area contributed by atoms with Crippen LogP contribution in [0.1, 0.15) is 65.4 Å². The average molecular weight is 516 g/mol. The van der Waals surface area contributed by atoms with Crippen molar-refractivity contribution >= 4 is 29.5 Å². The van der Waals surface area contributed by atoms with Gasteiger partial charge in [-0.25, -0.2) is 0 Å². The number of nitrogens with one attached hydrogen (secondary N) is 2. The molecule has 3 saturated heterocycles. The zero-order valence-electron chi connectivity index (χ0n) is 22.0. The predicted octanol–water partition coefficient (Wildman–Crippen LogP) is 3.11. The van der Waals surface area contributed by atoms with E-state index in [1.807, 2.05) is 44.2 Å². The third kappa shape index (κ3) is 4.55. The summed E-state index contributed by atoms with van der Waals surface area (Å²) in [5, 5.41) is 16.4. The Bertz CT molecular complexity index is 973. The first-order valence-corrected chi connectivity index (χ1v) is 14.2. The molecule has 36 heavy (non-hydrogen) atoms. The minimum atomic E-state index is -0.685. The molecule has 0 aromatic heterocycles. The molecule has 1 aromatic carbocycles. The smallest absolute Gasteiger partial charge is 0.244 e. The van der Waals surface area contributed by atoms with Gasteiger partial charge in [0.05, 0.1) is 29.2 Å². The van der Waals surface area contributed by atoms with Crippen molar-refractivity contribution in [2.75, 3.05) is 13.2 Å². The number of amides is 3. The summed E-state index contributed by atoms with van der Waals surface area (Å²) in [6, 6.07) is 8.60. The summed E-state index contributed by atoms with van der Waals surface area (Å²) in [4.78, 5) is 43.2. The van der Waals surface area contributed by atoms with Crippen LogP contribution < -0.4 is 10.6 Å². The second-order valence-electron chi connectivity index (χ2n) is 11.2. The fourth-order valence-electron chi connectivity index (χ4n) is 6.62. The highest BCUT2D eigenvalue weighted by Gasteiger charge is 2.77. The van der Waals surface area contributed by atoms with E-state index in [0.717, 1.165) is 31.2 Å². The Labute approximate surface area is 219 Å². The first-order valence-electron chi connectivity index (χ1n) is 13.4. The van der Waals surface area contributed by atoms with E-state index in [0.29, 0.717) is 19.5 Å². The van der Waals surface area contributed by atoms with Crippen LogP contribution in [-0.4, -0.2) is 62.5 Å². The van der Waals surface area contributed by atoms with Gasteiger partial charge in [0.1, 0.15) is 6.04 Å². The number of nitrogens with zero attached hydrogens (tertiary/aromatic N) is 1. The Morgan fingerprint density at radius 1 is 1.14 bits per heavy atom. The first kappa shape index (κ1) is 27.0. The topological polar surface area (TPSA) is 98.7 Å². The van der Waals surface area contributed by atoms with Gasteiger partial charge in [0.15, 0.2) is 0 Å². The molecule has 4 rings (SSSR count). The highest BCUT2D eigenvalue weighted by atomic mass is 32.2. The molecule has 3 N–H and O–H groups in total. The summed E-state index contributed by atoms with van der Waals surface area (Å²) in [7, 11) is 0. The average Bonchev–Trinajstić information content (AvgIpc) is 3.42. The molecule has 0 radical (unpaired) electrons. The monoisotopic (exact) mass is 515 g/mol. The van der Waals surface area contributed by atoms with E-state index in [-0.39, 0.29) is 30.2 Å². The number of carbonyl (C=O) groups excluding carboxylic acids is 3. The van der Waals surface area contributed by atoms with Gasteiger partial charge in [-0.1, -0.05) is 63.9 Å². The largest absolute Gasteiger partial charge is 0.394 e. The quantitative estimate of drug-likeness (QED) is 0.394. The van der Waals surface area contributed by atoms with E-state index in [1.165, 1.54) is 0 Å². The number of carbonyl (C=O) groups is 3. The lowest BCUT2D eigenvalue weighted by Gasteiger charge is -2.38. The van der Waals surface area contributed by atoms with Gasteiger partial charge < -0.3 is 20.6 Å². The Morgan fingerprint density at radius 2 is 1.86 bits per heavy atom. The minimum absolute atomic E-state index is 0.0206. The first-order chi connectivity index (χ1) is 17.2. The van der Waals surface area contributed by atoms with Crippen LogP contribution in [-0.2, 0) is 20.9 Å². The molecule has 0 saturated carbocycles. The Hall–Kier alpha value is -2.06. The van der Waals surface area contributed by atoms with Gasteiger partial charge in [-0.15, -0.1) is 11.8 Å². The van der Waals surface area contributed by atoms with Crippen LogP contribution in [0, 0.1) is 17.8 Å². The van der Waals surface area contributed by atoms with Crippen molar-refractivity contribution in [3.8, 4) is 0 Å². The summed E-state index contributed by atoms with van der Waals surface area (Å²) < 4.78 is -1.06. The lowest BCUT2D eigenvalue weighted by atomic mass is 9.66. The van der Waals surface area contributed by atoms with Crippen LogP contribution in [0.3, 0.4) is 0 Å². The van der Waals surface area contributed by atoms with Gasteiger partial charge in [-0.2, -0.15) is 0 Å². The number of aliphatic hydroxyl groups is 1. The summed E-state index contributed by atoms with van der Waals surface area (Å²) >= 11 is 1.67. The number of hydrogen-bond acceptors (Lipinski definition) is 5. The highest BCUT2D eigenvalue weighted by molar-refractivity contribution is 8.02. The van der Waals surface area contributed by atoms with Crippen molar-refractivity contribution in [1.82, 2.24) is 15.5 Å². The van der Waals surface area contributed by atoms with Gasteiger partial charge in [0.2, 0.25) is 17.7 Å². The van der Waals surface area contributed by atoms with E-state index in [4.69, 9.17) is 0 Å². The number of benzene rings is 1. The predicted molar refractivity (Wildman–Crippen MR) is 142 cm³/mol. The van der Waals surface area contributed by atoms with Crippen LogP contribution in [0.25, 0.3) is 0 Å². The highest BCUT2D eigenvalue weighted by Crippen LogP contribution is 2.71. The third-order valence-corrected chi connectivity index (χ3v) is 10.4. The molecule has 2 unspecified atom stereocenters. The lowest BCUT2D eigenvalue weighted by molar-refractivity contribution is -0.144. The molecule has 3 amide bonds. The van der Waals surface area contributed by atoms with Gasteiger partial charge in [-0.3, -0.25) is 14.4 Å². The normalized spacial score (nSPS) is 31.6. The lowest BCUT2D eigenvalue weighted by Crippen LogP contribution is -2.57. The number of hydrogen-bond donors (Lipinski definition) is 3. The fourth-order valence-corrected chi connectivity index (χ4v) is 8.96. The van der Waals surface area contributed by atoms with Gasteiger partial charge in [0, 0.05) is 17.8 Å². The van der Waals surface area contributed by atoms with Crippen molar-refractivity contribution in [2.45, 2.75) is 87.9 Å². The van der Waals surface area contributed by atoms with Crippen LogP contribution in [0.15, 0.2) is 30.3 Å². The summed E-state index contributed by atoms with van der Waals surface area (Å²) in [6.45, 7) is 8.89. The van der Waals surface area contributed by atoms with Crippen molar-refractivity contribution in [3.05, 3.63) is 35.9 Å². The number of rotatable bonds is 11. The molecule has 2 bridgehead atoms. The SMILES string of the molecule is CCCCCNC(=O)C1N([C@@H](CO)C(C)C)C(=O)[C@@H]2[C@H](C(=O)NCc3ccccc3)[C@]3(C)CCC12S3. The van der Waals surface area contributed by atoms with Crippen LogP contribution >= 0.6 is 11.8 Å². The fraction of sp³-hybridized carbons (Fsp3) is 0.679. The Balaban J connectivity index is 1.65. The summed E-state index contributed by atoms with van der Waals surface area (Å²) in [5.74, 6) is -1.54. The second kappa shape index (κ2) is 10.7. The zero-order chi connectivity index (χ0) is 26.1. The van der Waals surface area contributed by atoms with Crippen molar-refractivity contribution in [1.29, 1.82) is 0 Å². The number of unbranched alkanes of at least 4 members (excludes halogenated alkanes) is 2. The van der Waals surface area contributed by atoms with Gasteiger partial charge in [-0.05, 0) is 37.7 Å². The standard InChI is InChI=1S/C28H41N3O4S/c1-5-6-10-15-29-25(34)23-28-14-13-27(4,36-28)21(24(33)30-16-19-11-8-7-9-12-19)22(28)26(35)31(23)20(17-32)18(2)3/h7-9,11-12,18,20-23,32H,5-6,10,13-17H2,1-4H3,(H,29,34)(H,30,33)/t20-,21+,22-,23?,27-,28?/m0/s1. The number of likely N-dealkylation sites (tertiary alicyclic amines) is 1. The third-order valence-electron chi connectivity index (χ3n) is 8.45. The molecule has 1 aromatic rings. The molecule has 1 spiro atoms. The van der Waals surface area contributed by atoms with Gasteiger partial charge in [0.25, 0.3) is 0 Å². The molecule has 198 valence electrons. The molecule has 3 fully saturated rings. The molecule has 3 aliphatic heterocycles. The maximum absolute atomic E-state index is 14.1. The molecule has 3 heterocycles. The Morgan fingerprint density at radius 3 is 2.50 bits per heavy atom. The van der Waals surface area contributed by atoms with E-state index >= 15 is 0 Å². The molecular weight excluding hydrogens is 474 g/mol. The number of thioether (sulfide) groups is 1. The number of fused-ring (bicyclic) bond motifs is 1. The molecule has 0 aliphatic carbocycles. The zero-order valence-corrected chi connectivity index (χ0v) is 22.8. The number of aliphatic hydroxyl groups excluding tert-OH is 1. The molecule has 8 heteroatoms. The van der Waals surface area contributed by atoms with Gasteiger partial charge >= 0.3 is 0 Å². The van der Waals surface area contributed by atoms with E-state index in [9.17, 15) is 19.5 Å². The van der Waals surface area contributed by atoms with Crippen LogP contribution in [0.5, 0.6) is 0 Å². The Kier molecular flexibility index (Phi) is 8.05. The molecule has 3 aliphatic rings.